The fraction of sp³-hybridized carbons (Fsp3) is 0.600. The first-order valence-electron chi connectivity index (χ1n) is 32.3. The number of benzene rings is 2. The highest BCUT2D eigenvalue weighted by molar-refractivity contribution is 6.07. The number of rotatable bonds is 34. The molecule has 522 valence electrons. The molecule has 0 radical (unpaired) electrons. The molecular weight excluding hydrogens is 1240 g/mol. The summed E-state index contributed by atoms with van der Waals surface area (Å²) in [6.45, 7) is 1.61. The monoisotopic (exact) mass is 1330 g/mol. The van der Waals surface area contributed by atoms with Crippen LogP contribution in [0, 0.1) is 12.8 Å². The number of aliphatic imine (C=N–C) groups is 1. The van der Waals surface area contributed by atoms with Crippen LogP contribution in [0.5, 0.6) is 5.75 Å². The van der Waals surface area contributed by atoms with Gasteiger partial charge in [0.05, 0.1) is 83.1 Å². The number of nitrogens with one attached hydrogen (secondary N) is 4. The van der Waals surface area contributed by atoms with Crippen LogP contribution < -0.4 is 26.0 Å². The lowest BCUT2D eigenvalue weighted by Gasteiger charge is -2.35. The van der Waals surface area contributed by atoms with Gasteiger partial charge in [-0.3, -0.25) is 77.5 Å². The minimum atomic E-state index is -3.07. The molecule has 3 aromatic rings. The number of methoxy groups -OCH3 is 1. The van der Waals surface area contributed by atoms with Crippen molar-refractivity contribution in [2.24, 2.45) is 10.9 Å². The molecule has 0 bridgehead atoms. The maximum atomic E-state index is 14.4. The van der Waals surface area contributed by atoms with E-state index in [1.165, 1.54) is 25.5 Å². The van der Waals surface area contributed by atoms with E-state index in [9.17, 15) is 72.0 Å². The fourth-order valence-electron chi connectivity index (χ4n) is 11.7. The number of fused-ring (bicyclic) bond motifs is 1. The van der Waals surface area contributed by atoms with Crippen molar-refractivity contribution < 1.29 is 86.3 Å². The van der Waals surface area contributed by atoms with Crippen LogP contribution in [-0.2, 0) is 59.0 Å². The smallest absolute Gasteiger partial charge is 0.317 e. The number of amides is 6. The van der Waals surface area contributed by atoms with E-state index >= 15 is 0 Å². The van der Waals surface area contributed by atoms with Crippen molar-refractivity contribution in [3.05, 3.63) is 71.4 Å². The average Bonchev–Trinajstić information content (AvgIpc) is 1.65. The third-order valence-corrected chi connectivity index (χ3v) is 16.9. The summed E-state index contributed by atoms with van der Waals surface area (Å²) >= 11 is 0. The number of aliphatic carboxylic acids is 3. The number of aromatic nitrogens is 1. The SMILES string of the molecule is C/N=C/[C@H]1CC(F)(F)CN1C(=O)CNC(=O)c1ccnc2ccc(OCCCCC3CCN(C(=O)[C@H](CC(=O)OC)NC(=O)[C@H](CCOCCNC(=O)CCCc4ccc(C)cc4)NC(=O)CN4CCN(CC(=O)O)CCN(CC(=O)O)CCN(CC(=O)O)CC4)CC3)cc12. The van der Waals surface area contributed by atoms with Gasteiger partial charge in [0.15, 0.2) is 0 Å². The summed E-state index contributed by atoms with van der Waals surface area (Å²) in [5.41, 5.74) is 2.98. The van der Waals surface area contributed by atoms with Crippen LogP contribution in [0.2, 0.25) is 0 Å². The minimum absolute atomic E-state index is 0.0652. The van der Waals surface area contributed by atoms with E-state index in [-0.39, 0.29) is 122 Å². The number of likely N-dealkylation sites (tertiary alicyclic amines) is 2. The number of unbranched alkanes of at least 4 members (excludes halogenated alkanes) is 1. The molecule has 0 aliphatic carbocycles. The van der Waals surface area contributed by atoms with E-state index in [2.05, 4.69) is 31.2 Å². The van der Waals surface area contributed by atoms with Crippen LogP contribution in [0.25, 0.3) is 10.9 Å². The van der Waals surface area contributed by atoms with Gasteiger partial charge in [-0.05, 0) is 87.6 Å². The molecule has 3 aliphatic rings. The van der Waals surface area contributed by atoms with Crippen molar-refractivity contribution in [3.63, 3.8) is 0 Å². The molecule has 3 saturated heterocycles. The van der Waals surface area contributed by atoms with Gasteiger partial charge >= 0.3 is 23.9 Å². The van der Waals surface area contributed by atoms with Gasteiger partial charge in [-0.25, -0.2) is 8.78 Å². The first-order valence-corrected chi connectivity index (χ1v) is 32.3. The number of ether oxygens (including phenoxy) is 3. The second kappa shape index (κ2) is 38.9. The summed E-state index contributed by atoms with van der Waals surface area (Å²) in [7, 11) is 2.59. The van der Waals surface area contributed by atoms with Crippen LogP contribution in [-0.4, -0.2) is 285 Å². The van der Waals surface area contributed by atoms with E-state index < -0.39 is 103 Å². The molecule has 6 amide bonds. The molecule has 0 spiro atoms. The zero-order valence-corrected chi connectivity index (χ0v) is 54.5. The molecule has 3 atom stereocenters. The Hall–Kier alpha value is -8.32. The lowest BCUT2D eigenvalue weighted by molar-refractivity contribution is -0.147. The maximum Gasteiger partial charge on any atom is 0.317 e. The van der Waals surface area contributed by atoms with Crippen LogP contribution in [0.4, 0.5) is 8.78 Å². The highest BCUT2D eigenvalue weighted by Crippen LogP contribution is 2.32. The van der Waals surface area contributed by atoms with Gasteiger partial charge in [-0.2, -0.15) is 0 Å². The second-order valence-electron chi connectivity index (χ2n) is 24.2. The summed E-state index contributed by atoms with van der Waals surface area (Å²) in [6, 6.07) is 11.1. The van der Waals surface area contributed by atoms with Crippen molar-refractivity contribution >= 4 is 76.4 Å². The Balaban J connectivity index is 1.03. The number of carboxylic acids is 3. The number of aryl methyl sites for hydroxylation is 2. The van der Waals surface area contributed by atoms with E-state index in [4.69, 9.17) is 14.2 Å². The number of halogens is 2. The van der Waals surface area contributed by atoms with Crippen LogP contribution in [0.3, 0.4) is 0 Å². The first-order chi connectivity index (χ1) is 45.5. The molecule has 1 aromatic heterocycles. The lowest BCUT2D eigenvalue weighted by atomic mass is 9.91. The van der Waals surface area contributed by atoms with E-state index in [1.54, 1.807) is 42.7 Å². The third kappa shape index (κ3) is 26.8. The third-order valence-electron chi connectivity index (χ3n) is 16.9. The van der Waals surface area contributed by atoms with E-state index in [1.807, 2.05) is 31.2 Å². The van der Waals surface area contributed by atoms with Gasteiger partial charge in [-0.15, -0.1) is 0 Å². The van der Waals surface area contributed by atoms with Crippen LogP contribution >= 0.6 is 0 Å². The van der Waals surface area contributed by atoms with Gasteiger partial charge in [0.2, 0.25) is 29.5 Å². The Morgan fingerprint density at radius 3 is 1.95 bits per heavy atom. The number of alkyl halides is 2. The van der Waals surface area contributed by atoms with Crippen LogP contribution in [0.1, 0.15) is 85.7 Å². The Kier molecular flexibility index (Phi) is 31.0. The normalized spacial score (nSPS) is 17.8. The Labute approximate surface area is 551 Å². The molecule has 2 aromatic carbocycles. The standard InChI is InChI=1S/C65H92F2N12O16/c1-45-10-12-46(13-11-45)8-6-9-55(80)70-21-34-94-33-19-53(72-56(81)40-74-24-26-75(41-58(83)84)28-30-77(43-60(87)88)31-29-76(27-25-74)42-59(85)86)63(91)73-54(36-61(89)93-3)64(92)78-22-17-47(18-23-78)7-4-5-32-95-49-14-15-52-51(35-49)50(16-20-69-52)62(90)71-39-57(82)79-44-65(66,67)37-48(79)38-68-2/h10-16,20,35,38,47-48,53-54H,4-9,17-19,21-34,36-37,39-44H2,1-3H3,(H,70,80)(H,71,90)(H,72,81)(H,73,91)(H,83,84)(H,85,86)(H,87,88)/b68-38+/t48-,53+,54+/m1/s1. The number of esters is 1. The Morgan fingerprint density at radius 1 is 0.726 bits per heavy atom. The second-order valence-corrected chi connectivity index (χ2v) is 24.2. The van der Waals surface area contributed by atoms with Gasteiger partial charge in [0.1, 0.15) is 17.8 Å². The van der Waals surface area contributed by atoms with Gasteiger partial charge in [0.25, 0.3) is 11.8 Å². The van der Waals surface area contributed by atoms with Crippen molar-refractivity contribution in [2.75, 3.05) is 145 Å². The number of carboxylic acid groups (broad SMARTS) is 3. The predicted octanol–water partition coefficient (Wildman–Crippen LogP) is 1.55. The van der Waals surface area contributed by atoms with Crippen molar-refractivity contribution in [1.29, 1.82) is 0 Å². The van der Waals surface area contributed by atoms with Crippen molar-refractivity contribution in [1.82, 2.24) is 55.7 Å². The van der Waals surface area contributed by atoms with Crippen LogP contribution in [0.15, 0.2) is 59.7 Å². The molecule has 0 saturated carbocycles. The van der Waals surface area contributed by atoms with Gasteiger partial charge < -0.3 is 60.6 Å². The minimum Gasteiger partial charge on any atom is -0.494 e. The number of nitrogens with zero attached hydrogens (tertiary/aromatic N) is 8. The van der Waals surface area contributed by atoms with E-state index in [0.29, 0.717) is 68.5 Å². The molecule has 95 heavy (non-hydrogen) atoms. The molecule has 4 heterocycles. The maximum absolute atomic E-state index is 14.4. The number of piperidine rings is 1. The zero-order chi connectivity index (χ0) is 68.9. The molecule has 3 aliphatic heterocycles. The molecule has 0 unspecified atom stereocenters. The lowest BCUT2D eigenvalue weighted by Crippen LogP contribution is -2.57. The largest absolute Gasteiger partial charge is 0.494 e. The quantitative estimate of drug-likeness (QED) is 0.0253. The molecule has 7 N–H and O–H groups in total. The number of pyridine rings is 1. The molecular formula is C65H92F2N12O16. The van der Waals surface area contributed by atoms with Gasteiger partial charge in [-0.1, -0.05) is 36.2 Å². The number of carbonyl (C=O) groups excluding carboxylic acids is 7. The zero-order valence-electron chi connectivity index (χ0n) is 54.5. The van der Waals surface area contributed by atoms with E-state index in [0.717, 1.165) is 42.4 Å². The topological polar surface area (TPSA) is 352 Å². The number of hydrogen-bond acceptors (Lipinski definition) is 19. The fourth-order valence-corrected chi connectivity index (χ4v) is 11.7. The predicted molar refractivity (Wildman–Crippen MR) is 344 cm³/mol. The summed E-state index contributed by atoms with van der Waals surface area (Å²) in [4.78, 5) is 148. The number of hydrogen-bond donors (Lipinski definition) is 7. The first kappa shape index (κ1) is 75.7. The molecule has 3 fully saturated rings. The Morgan fingerprint density at radius 2 is 1.35 bits per heavy atom. The molecule has 28 nitrogen and oxygen atoms in total. The average molecular weight is 1340 g/mol. The highest BCUT2D eigenvalue weighted by Gasteiger charge is 2.46. The van der Waals surface area contributed by atoms with Crippen molar-refractivity contribution in [3.8, 4) is 5.75 Å². The highest BCUT2D eigenvalue weighted by atomic mass is 19.3. The summed E-state index contributed by atoms with van der Waals surface area (Å²) < 4.78 is 45.2. The van der Waals surface area contributed by atoms with Crippen molar-refractivity contribution in [2.45, 2.75) is 102 Å². The van der Waals surface area contributed by atoms with Gasteiger partial charge in [0, 0.05) is 116 Å². The molecule has 6 rings (SSSR count). The summed E-state index contributed by atoms with van der Waals surface area (Å²) in [5.74, 6) is -9.86. The molecule has 30 heteroatoms. The summed E-state index contributed by atoms with van der Waals surface area (Å²) in [5, 5.41) is 40.3. The summed E-state index contributed by atoms with van der Waals surface area (Å²) in [6.07, 6.45) is 6.76. The Bertz CT molecular complexity index is 3070. The number of carbonyl (C=O) groups is 10.